The topological polar surface area (TPSA) is 50.7 Å². The van der Waals surface area contributed by atoms with Crippen LogP contribution in [0, 0.1) is 5.92 Å². The summed E-state index contributed by atoms with van der Waals surface area (Å²) in [5.74, 6) is -0.616. The number of ether oxygens (including phenoxy) is 1. The van der Waals surface area contributed by atoms with Gasteiger partial charge in [0.2, 0.25) is 5.91 Å². The molecule has 0 spiro atoms. The third-order valence-electron chi connectivity index (χ3n) is 2.33. The highest BCUT2D eigenvalue weighted by Gasteiger charge is 2.37. The maximum absolute atomic E-state index is 11.6. The average molecular weight is 292 g/mol. The summed E-state index contributed by atoms with van der Waals surface area (Å²) in [6.07, 6.45) is 2.76. The zero-order valence-electron chi connectivity index (χ0n) is 7.83. The van der Waals surface area contributed by atoms with Gasteiger partial charge < -0.3 is 10.1 Å². The van der Waals surface area contributed by atoms with Crippen molar-refractivity contribution in [3.63, 3.8) is 0 Å². The predicted molar refractivity (Wildman–Crippen MR) is 60.8 cm³/mol. The van der Waals surface area contributed by atoms with Crippen molar-refractivity contribution in [2.45, 2.75) is 6.10 Å². The van der Waals surface area contributed by atoms with E-state index in [1.165, 1.54) is 6.34 Å². The lowest BCUT2D eigenvalue weighted by Crippen LogP contribution is -2.42. The molecule has 1 aliphatic carbocycles. The molecule has 2 rings (SSSR count). The van der Waals surface area contributed by atoms with Gasteiger partial charge in [-0.25, -0.2) is 4.99 Å². The van der Waals surface area contributed by atoms with Crippen LogP contribution in [0.1, 0.15) is 0 Å². The zero-order chi connectivity index (χ0) is 11.0. The summed E-state index contributed by atoms with van der Waals surface area (Å²) in [6.45, 7) is 0. The van der Waals surface area contributed by atoms with Crippen molar-refractivity contribution in [3.8, 4) is 0 Å². The lowest BCUT2D eigenvalue weighted by molar-refractivity contribution is -0.125. The summed E-state index contributed by atoms with van der Waals surface area (Å²) >= 11 is 9.35. The minimum atomic E-state index is -0.464. The first-order chi connectivity index (χ1) is 7.15. The van der Waals surface area contributed by atoms with Crippen molar-refractivity contribution in [1.82, 2.24) is 5.32 Å². The molecule has 1 aliphatic heterocycles. The lowest BCUT2D eigenvalue weighted by Gasteiger charge is -2.29. The van der Waals surface area contributed by atoms with E-state index in [2.05, 4.69) is 26.2 Å². The number of rotatable bonds is 1. The molecule has 1 amide bonds. The summed E-state index contributed by atoms with van der Waals surface area (Å²) in [7, 11) is 1.55. The molecule has 2 atom stereocenters. The standard InChI is InChI=1S/C9H8BrClN2O2/c1-15-5-2-4(10)7(11)8-6(5)9(14)13-3-12-8/h2-3,5-6H,1H3,(H,12,13,14). The monoisotopic (exact) mass is 290 g/mol. The number of methoxy groups -OCH3 is 1. The molecule has 6 heteroatoms. The summed E-state index contributed by atoms with van der Waals surface area (Å²) in [5, 5.41) is 2.99. The molecular formula is C9H8BrClN2O2. The van der Waals surface area contributed by atoms with Crippen LogP contribution in [0.4, 0.5) is 0 Å². The Labute approximate surface area is 100 Å². The molecule has 0 aromatic carbocycles. The Balaban J connectivity index is 2.50. The van der Waals surface area contributed by atoms with Crippen LogP contribution in [0.15, 0.2) is 26.3 Å². The maximum Gasteiger partial charge on any atom is 0.237 e. The molecule has 4 nitrogen and oxygen atoms in total. The molecule has 0 saturated carbocycles. The average Bonchev–Trinajstić information content (AvgIpc) is 2.23. The number of nitrogens with one attached hydrogen (secondary N) is 1. The molecule has 0 saturated heterocycles. The number of carbonyl (C=O) groups is 1. The number of allylic oxidation sites excluding steroid dienone is 2. The second-order valence-electron chi connectivity index (χ2n) is 3.16. The van der Waals surface area contributed by atoms with E-state index in [0.29, 0.717) is 15.2 Å². The van der Waals surface area contributed by atoms with Gasteiger partial charge in [-0.3, -0.25) is 4.79 Å². The molecule has 0 aromatic rings. The number of fused-ring (bicyclic) bond motifs is 1. The highest BCUT2D eigenvalue weighted by molar-refractivity contribution is 9.12. The maximum atomic E-state index is 11.6. The molecule has 2 unspecified atom stereocenters. The lowest BCUT2D eigenvalue weighted by atomic mass is 9.92. The molecule has 2 aliphatic rings. The van der Waals surface area contributed by atoms with Gasteiger partial charge in [-0.2, -0.15) is 0 Å². The molecule has 1 heterocycles. The Morgan fingerprint density at radius 1 is 1.67 bits per heavy atom. The molecular weight excluding hydrogens is 283 g/mol. The van der Waals surface area contributed by atoms with Crippen LogP contribution in [-0.4, -0.2) is 25.5 Å². The number of hydrogen-bond donors (Lipinski definition) is 1. The van der Waals surface area contributed by atoms with Crippen molar-refractivity contribution in [2.24, 2.45) is 10.9 Å². The summed E-state index contributed by atoms with van der Waals surface area (Å²) in [5.41, 5.74) is 0.543. The van der Waals surface area contributed by atoms with Gasteiger partial charge in [-0.15, -0.1) is 0 Å². The van der Waals surface area contributed by atoms with Crippen LogP contribution in [0.2, 0.25) is 0 Å². The summed E-state index contributed by atoms with van der Waals surface area (Å²) in [4.78, 5) is 15.7. The van der Waals surface area contributed by atoms with Gasteiger partial charge in [0.05, 0.1) is 23.2 Å². The van der Waals surface area contributed by atoms with Gasteiger partial charge in [-0.05, 0) is 22.0 Å². The van der Waals surface area contributed by atoms with Gasteiger partial charge in [0, 0.05) is 11.6 Å². The third-order valence-corrected chi connectivity index (χ3v) is 3.62. The van der Waals surface area contributed by atoms with E-state index >= 15 is 0 Å². The number of halogens is 2. The highest BCUT2D eigenvalue weighted by atomic mass is 79.9. The van der Waals surface area contributed by atoms with Crippen molar-refractivity contribution < 1.29 is 9.53 Å². The number of carbonyl (C=O) groups excluding carboxylic acids is 1. The molecule has 0 fully saturated rings. The fourth-order valence-electron chi connectivity index (χ4n) is 1.60. The van der Waals surface area contributed by atoms with Gasteiger partial charge in [0.25, 0.3) is 0 Å². The smallest absolute Gasteiger partial charge is 0.237 e. The molecule has 0 radical (unpaired) electrons. The summed E-state index contributed by atoms with van der Waals surface area (Å²) in [6, 6.07) is 0. The SMILES string of the molecule is COC1C=C(Br)C(Cl)=C2N=CNC(=O)C21. The van der Waals surface area contributed by atoms with E-state index in [4.69, 9.17) is 16.3 Å². The normalized spacial score (nSPS) is 29.8. The minimum absolute atomic E-state index is 0.152. The van der Waals surface area contributed by atoms with Crippen molar-refractivity contribution in [1.29, 1.82) is 0 Å². The van der Waals surface area contributed by atoms with Crippen LogP contribution in [0.5, 0.6) is 0 Å². The van der Waals surface area contributed by atoms with Crippen LogP contribution >= 0.6 is 27.5 Å². The number of aliphatic imine (C=N–C) groups is 1. The van der Waals surface area contributed by atoms with Crippen LogP contribution < -0.4 is 5.32 Å². The second-order valence-corrected chi connectivity index (χ2v) is 4.39. The second kappa shape index (κ2) is 4.08. The van der Waals surface area contributed by atoms with Crippen molar-refractivity contribution in [2.75, 3.05) is 7.11 Å². The molecule has 15 heavy (non-hydrogen) atoms. The number of nitrogens with zero attached hydrogens (tertiary/aromatic N) is 1. The first-order valence-electron chi connectivity index (χ1n) is 4.28. The van der Waals surface area contributed by atoms with E-state index in [9.17, 15) is 4.79 Å². The Kier molecular flexibility index (Phi) is 2.95. The van der Waals surface area contributed by atoms with Crippen LogP contribution in [0.25, 0.3) is 0 Å². The minimum Gasteiger partial charge on any atom is -0.376 e. The van der Waals surface area contributed by atoms with Gasteiger partial charge in [0.1, 0.15) is 5.92 Å². The fourth-order valence-corrected chi connectivity index (χ4v) is 2.29. The quantitative estimate of drug-likeness (QED) is 0.796. The van der Waals surface area contributed by atoms with E-state index < -0.39 is 5.92 Å². The van der Waals surface area contributed by atoms with Crippen LogP contribution in [-0.2, 0) is 9.53 Å². The van der Waals surface area contributed by atoms with Gasteiger partial charge >= 0.3 is 0 Å². The Bertz CT molecular complexity index is 403. The van der Waals surface area contributed by atoms with E-state index in [1.807, 2.05) is 0 Å². The van der Waals surface area contributed by atoms with E-state index in [1.54, 1.807) is 13.2 Å². The number of amides is 1. The Morgan fingerprint density at radius 2 is 2.40 bits per heavy atom. The van der Waals surface area contributed by atoms with E-state index in [0.717, 1.165) is 0 Å². The van der Waals surface area contributed by atoms with Gasteiger partial charge in [-0.1, -0.05) is 11.6 Å². The van der Waals surface area contributed by atoms with Crippen molar-refractivity contribution >= 4 is 39.8 Å². The first kappa shape index (κ1) is 10.9. The van der Waals surface area contributed by atoms with Crippen LogP contribution in [0.3, 0.4) is 0 Å². The van der Waals surface area contributed by atoms with E-state index in [-0.39, 0.29) is 12.0 Å². The number of hydrogen-bond acceptors (Lipinski definition) is 3. The Morgan fingerprint density at radius 3 is 3.07 bits per heavy atom. The van der Waals surface area contributed by atoms with Gasteiger partial charge in [0.15, 0.2) is 0 Å². The summed E-state index contributed by atoms with van der Waals surface area (Å²) < 4.78 is 5.92. The first-order valence-corrected chi connectivity index (χ1v) is 5.45. The molecule has 0 bridgehead atoms. The highest BCUT2D eigenvalue weighted by Crippen LogP contribution is 2.38. The largest absolute Gasteiger partial charge is 0.376 e. The molecule has 0 aromatic heterocycles. The third kappa shape index (κ3) is 1.75. The Hall–Kier alpha value is -0.650. The van der Waals surface area contributed by atoms with Crippen molar-refractivity contribution in [3.05, 3.63) is 21.3 Å². The molecule has 1 N–H and O–H groups in total. The zero-order valence-corrected chi connectivity index (χ0v) is 10.2. The predicted octanol–water partition coefficient (Wildman–Crippen LogP) is 1.52. The fraction of sp³-hybridized carbons (Fsp3) is 0.333. The molecule has 80 valence electrons.